The maximum Gasteiger partial charge on any atom is 0.123 e. The third-order valence-corrected chi connectivity index (χ3v) is 4.43. The number of fused-ring (bicyclic) bond motifs is 1. The molecule has 0 amide bonds. The summed E-state index contributed by atoms with van der Waals surface area (Å²) in [5.41, 5.74) is 2.32. The molecule has 0 saturated heterocycles. The van der Waals surface area contributed by atoms with E-state index < -0.39 is 0 Å². The average Bonchev–Trinajstić information content (AvgIpc) is 2.48. The van der Waals surface area contributed by atoms with Gasteiger partial charge in [-0.1, -0.05) is 30.3 Å². The molecular formula is C17H15NOS. The molecule has 3 aromatic rings. The summed E-state index contributed by atoms with van der Waals surface area (Å²) in [6.07, 6.45) is 1.83. The van der Waals surface area contributed by atoms with Crippen molar-refractivity contribution in [2.45, 2.75) is 17.6 Å². The van der Waals surface area contributed by atoms with E-state index in [1.54, 1.807) is 17.8 Å². The van der Waals surface area contributed by atoms with Crippen molar-refractivity contribution in [3.63, 3.8) is 0 Å². The summed E-state index contributed by atoms with van der Waals surface area (Å²) >= 11 is 1.75. The Balaban J connectivity index is 1.92. The van der Waals surface area contributed by atoms with E-state index in [-0.39, 0.29) is 0 Å². The average molecular weight is 281 g/mol. The first-order valence-electron chi connectivity index (χ1n) is 6.50. The number of aromatic hydroxyl groups is 1. The van der Waals surface area contributed by atoms with Gasteiger partial charge in [0.2, 0.25) is 0 Å². The van der Waals surface area contributed by atoms with Gasteiger partial charge < -0.3 is 5.11 Å². The molecule has 0 aliphatic rings. The lowest BCUT2D eigenvalue weighted by Crippen LogP contribution is -1.90. The first-order chi connectivity index (χ1) is 9.75. The molecule has 0 bridgehead atoms. The molecule has 0 aliphatic heterocycles. The summed E-state index contributed by atoms with van der Waals surface area (Å²) in [4.78, 5) is 5.59. The maximum atomic E-state index is 9.90. The maximum absolute atomic E-state index is 9.90. The first-order valence-corrected chi connectivity index (χ1v) is 7.48. The van der Waals surface area contributed by atoms with Gasteiger partial charge in [0.1, 0.15) is 5.75 Å². The van der Waals surface area contributed by atoms with Crippen LogP contribution in [0.5, 0.6) is 5.75 Å². The molecule has 1 heterocycles. The van der Waals surface area contributed by atoms with Gasteiger partial charge in [0.25, 0.3) is 0 Å². The normalized spacial score (nSPS) is 10.8. The fourth-order valence-corrected chi connectivity index (χ4v) is 3.29. The number of phenolic OH excluding ortho intramolecular Hbond substituents is 1. The smallest absolute Gasteiger partial charge is 0.123 e. The molecule has 0 atom stereocenters. The van der Waals surface area contributed by atoms with Crippen LogP contribution in [0, 0.1) is 6.92 Å². The van der Waals surface area contributed by atoms with Crippen molar-refractivity contribution in [3.05, 3.63) is 66.0 Å². The predicted octanol–water partition coefficient (Wildman–Crippen LogP) is 4.54. The van der Waals surface area contributed by atoms with E-state index in [0.717, 1.165) is 22.2 Å². The zero-order valence-corrected chi connectivity index (χ0v) is 12.0. The highest BCUT2D eigenvalue weighted by atomic mass is 32.2. The van der Waals surface area contributed by atoms with E-state index in [2.05, 4.69) is 18.0 Å². The fraction of sp³-hybridized carbons (Fsp3) is 0.118. The number of pyridine rings is 1. The fourth-order valence-electron chi connectivity index (χ4n) is 2.20. The predicted molar refractivity (Wildman–Crippen MR) is 84.1 cm³/mol. The van der Waals surface area contributed by atoms with Crippen molar-refractivity contribution in [2.24, 2.45) is 0 Å². The molecule has 0 spiro atoms. The second-order valence-electron chi connectivity index (χ2n) is 4.68. The van der Waals surface area contributed by atoms with Crippen LogP contribution in [-0.4, -0.2) is 10.1 Å². The SMILES string of the molecule is Cc1cccnc1CSc1ccc(O)c2ccccc12. The van der Waals surface area contributed by atoms with E-state index in [9.17, 15) is 5.11 Å². The van der Waals surface area contributed by atoms with E-state index in [0.29, 0.717) is 5.75 Å². The number of thioether (sulfide) groups is 1. The molecule has 0 radical (unpaired) electrons. The second kappa shape index (κ2) is 5.55. The van der Waals surface area contributed by atoms with Crippen molar-refractivity contribution >= 4 is 22.5 Å². The highest BCUT2D eigenvalue weighted by molar-refractivity contribution is 7.98. The van der Waals surface area contributed by atoms with Gasteiger partial charge in [0.15, 0.2) is 0 Å². The minimum absolute atomic E-state index is 0.332. The van der Waals surface area contributed by atoms with Crippen LogP contribution in [0.4, 0.5) is 0 Å². The molecule has 0 aliphatic carbocycles. The lowest BCUT2D eigenvalue weighted by Gasteiger charge is -2.08. The molecule has 1 N–H and O–H groups in total. The van der Waals surface area contributed by atoms with Crippen LogP contribution in [0.15, 0.2) is 59.6 Å². The van der Waals surface area contributed by atoms with Crippen LogP contribution in [0.25, 0.3) is 10.8 Å². The zero-order chi connectivity index (χ0) is 13.9. The van der Waals surface area contributed by atoms with Crippen molar-refractivity contribution in [1.82, 2.24) is 4.98 Å². The van der Waals surface area contributed by atoms with Crippen molar-refractivity contribution in [2.75, 3.05) is 0 Å². The third kappa shape index (κ3) is 2.49. The Hall–Kier alpha value is -2.00. The molecule has 100 valence electrons. The Morgan fingerprint density at radius 1 is 1.00 bits per heavy atom. The third-order valence-electron chi connectivity index (χ3n) is 3.34. The summed E-state index contributed by atoms with van der Waals surface area (Å²) < 4.78 is 0. The number of rotatable bonds is 3. The minimum Gasteiger partial charge on any atom is -0.507 e. The number of hydrogen-bond donors (Lipinski definition) is 1. The number of aromatic nitrogens is 1. The highest BCUT2D eigenvalue weighted by Gasteiger charge is 2.06. The van der Waals surface area contributed by atoms with E-state index in [1.165, 1.54) is 10.5 Å². The molecule has 0 fully saturated rings. The lowest BCUT2D eigenvalue weighted by molar-refractivity contribution is 0.481. The Kier molecular flexibility index (Phi) is 3.61. The van der Waals surface area contributed by atoms with Crippen LogP contribution < -0.4 is 0 Å². The summed E-state index contributed by atoms with van der Waals surface area (Å²) in [6, 6.07) is 15.7. The number of phenols is 1. The number of aryl methyl sites for hydroxylation is 1. The van der Waals surface area contributed by atoms with E-state index in [1.807, 2.05) is 42.6 Å². The Labute approximate surface area is 122 Å². The molecule has 0 saturated carbocycles. The standard InChI is InChI=1S/C17H15NOS/c1-12-5-4-10-18-15(12)11-20-17-9-8-16(19)13-6-2-3-7-14(13)17/h2-10,19H,11H2,1H3. The second-order valence-corrected chi connectivity index (χ2v) is 5.70. The van der Waals surface area contributed by atoms with Gasteiger partial charge in [-0.05, 0) is 36.1 Å². The van der Waals surface area contributed by atoms with Gasteiger partial charge in [-0.25, -0.2) is 0 Å². The summed E-state index contributed by atoms with van der Waals surface area (Å²) in [7, 11) is 0. The summed E-state index contributed by atoms with van der Waals surface area (Å²) in [6.45, 7) is 2.08. The molecule has 20 heavy (non-hydrogen) atoms. The van der Waals surface area contributed by atoms with Crippen LogP contribution in [-0.2, 0) is 5.75 Å². The molecule has 2 aromatic carbocycles. The molecule has 3 rings (SSSR count). The van der Waals surface area contributed by atoms with Gasteiger partial charge in [0.05, 0.1) is 5.69 Å². The van der Waals surface area contributed by atoms with Gasteiger partial charge in [0, 0.05) is 22.2 Å². The topological polar surface area (TPSA) is 33.1 Å². The summed E-state index contributed by atoms with van der Waals surface area (Å²) in [5, 5.41) is 11.9. The van der Waals surface area contributed by atoms with Crippen LogP contribution in [0.1, 0.15) is 11.3 Å². The Bertz CT molecular complexity index is 755. The largest absolute Gasteiger partial charge is 0.507 e. The number of nitrogens with zero attached hydrogens (tertiary/aromatic N) is 1. The van der Waals surface area contributed by atoms with Crippen molar-refractivity contribution in [3.8, 4) is 5.75 Å². The van der Waals surface area contributed by atoms with Gasteiger partial charge in [-0.3, -0.25) is 4.98 Å². The van der Waals surface area contributed by atoms with Crippen LogP contribution in [0.3, 0.4) is 0 Å². The van der Waals surface area contributed by atoms with Crippen LogP contribution >= 0.6 is 11.8 Å². The molecule has 2 nitrogen and oxygen atoms in total. The van der Waals surface area contributed by atoms with Crippen LogP contribution in [0.2, 0.25) is 0 Å². The molecular weight excluding hydrogens is 266 g/mol. The zero-order valence-electron chi connectivity index (χ0n) is 11.2. The molecule has 0 unspecified atom stereocenters. The quantitative estimate of drug-likeness (QED) is 0.715. The van der Waals surface area contributed by atoms with Crippen molar-refractivity contribution in [1.29, 1.82) is 0 Å². The van der Waals surface area contributed by atoms with E-state index >= 15 is 0 Å². The first kappa shape index (κ1) is 13.0. The van der Waals surface area contributed by atoms with Crippen molar-refractivity contribution < 1.29 is 5.11 Å². The van der Waals surface area contributed by atoms with E-state index in [4.69, 9.17) is 0 Å². The monoisotopic (exact) mass is 281 g/mol. The molecule has 3 heteroatoms. The van der Waals surface area contributed by atoms with Gasteiger partial charge in [-0.2, -0.15) is 0 Å². The summed E-state index contributed by atoms with van der Waals surface area (Å²) in [5.74, 6) is 1.17. The highest BCUT2D eigenvalue weighted by Crippen LogP contribution is 2.34. The Morgan fingerprint density at radius 2 is 1.80 bits per heavy atom. The number of hydrogen-bond acceptors (Lipinski definition) is 3. The number of benzene rings is 2. The van der Waals surface area contributed by atoms with Gasteiger partial charge >= 0.3 is 0 Å². The molecule has 1 aromatic heterocycles. The Morgan fingerprint density at radius 3 is 2.60 bits per heavy atom. The minimum atomic E-state index is 0.332. The van der Waals surface area contributed by atoms with Gasteiger partial charge in [-0.15, -0.1) is 11.8 Å². The lowest BCUT2D eigenvalue weighted by atomic mass is 10.1.